The van der Waals surface area contributed by atoms with Crippen molar-refractivity contribution >= 4 is 17.5 Å². The van der Waals surface area contributed by atoms with Crippen LogP contribution in [0, 0.1) is 11.6 Å². The minimum Gasteiger partial charge on any atom is -0.344 e. The monoisotopic (exact) mass is 360 g/mol. The van der Waals surface area contributed by atoms with Gasteiger partial charge in [0.2, 0.25) is 11.8 Å². The number of aromatic nitrogens is 1. The Balaban J connectivity index is 1.57. The normalized spacial score (nSPS) is 17.2. The number of rotatable bonds is 5. The first kappa shape index (κ1) is 17.9. The van der Waals surface area contributed by atoms with Crippen molar-refractivity contribution in [3.63, 3.8) is 0 Å². The molecule has 4 N–H and O–H groups in total. The number of nitrogens with zero attached hydrogens (tertiary/aromatic N) is 1. The van der Waals surface area contributed by atoms with E-state index in [1.165, 1.54) is 0 Å². The predicted molar refractivity (Wildman–Crippen MR) is 91.2 cm³/mol. The van der Waals surface area contributed by atoms with Crippen LogP contribution in [0.2, 0.25) is 0 Å². The van der Waals surface area contributed by atoms with Crippen LogP contribution < -0.4 is 16.4 Å². The summed E-state index contributed by atoms with van der Waals surface area (Å²) < 4.78 is 26.8. The summed E-state index contributed by atoms with van der Waals surface area (Å²) in [6, 6.07) is 5.10. The topological polar surface area (TPSA) is 97.1 Å². The molecule has 0 saturated heterocycles. The van der Waals surface area contributed by atoms with Crippen LogP contribution in [0.25, 0.3) is 0 Å². The second-order valence-corrected chi connectivity index (χ2v) is 6.22. The van der Waals surface area contributed by atoms with Gasteiger partial charge in [0, 0.05) is 25.1 Å². The first-order valence-electron chi connectivity index (χ1n) is 8.16. The van der Waals surface area contributed by atoms with Crippen molar-refractivity contribution in [3.8, 4) is 0 Å². The van der Waals surface area contributed by atoms with E-state index in [0.717, 1.165) is 18.2 Å². The molecule has 8 heteroatoms. The Bertz CT molecular complexity index is 844. The Morgan fingerprint density at radius 1 is 1.38 bits per heavy atom. The largest absolute Gasteiger partial charge is 0.344 e. The van der Waals surface area contributed by atoms with E-state index in [1.807, 2.05) is 0 Å². The van der Waals surface area contributed by atoms with E-state index in [1.54, 1.807) is 18.3 Å². The molecule has 1 aromatic carbocycles. The molecule has 2 amide bonds. The molecule has 2 atom stereocenters. The fourth-order valence-corrected chi connectivity index (χ4v) is 2.88. The Labute approximate surface area is 148 Å². The third kappa shape index (κ3) is 4.20. The Morgan fingerprint density at radius 2 is 2.19 bits per heavy atom. The molecule has 0 radical (unpaired) electrons. The van der Waals surface area contributed by atoms with Crippen LogP contribution in [-0.4, -0.2) is 28.9 Å². The van der Waals surface area contributed by atoms with Gasteiger partial charge in [-0.15, -0.1) is 0 Å². The molecule has 0 aliphatic carbocycles. The zero-order valence-electron chi connectivity index (χ0n) is 13.8. The molecule has 26 heavy (non-hydrogen) atoms. The summed E-state index contributed by atoms with van der Waals surface area (Å²) in [5.74, 6) is -1.91. The lowest BCUT2D eigenvalue weighted by atomic mass is 10.0. The van der Waals surface area contributed by atoms with Crippen molar-refractivity contribution in [2.75, 3.05) is 5.32 Å². The Kier molecular flexibility index (Phi) is 5.22. The molecule has 3 rings (SSSR count). The van der Waals surface area contributed by atoms with E-state index >= 15 is 0 Å². The zero-order chi connectivity index (χ0) is 18.7. The number of halogens is 2. The Morgan fingerprint density at radius 3 is 3.00 bits per heavy atom. The van der Waals surface area contributed by atoms with Gasteiger partial charge in [-0.05, 0) is 42.3 Å². The lowest BCUT2D eigenvalue weighted by molar-refractivity contribution is -0.126. The number of amides is 2. The van der Waals surface area contributed by atoms with Crippen molar-refractivity contribution in [2.45, 2.75) is 31.3 Å². The summed E-state index contributed by atoms with van der Waals surface area (Å²) >= 11 is 0. The third-order valence-electron chi connectivity index (χ3n) is 4.13. The SMILES string of the molecule is N[C@@H](CC(=O)NC1Cc2ncccc2NC1=O)Cc1cc(F)ccc1F. The first-order valence-corrected chi connectivity index (χ1v) is 8.16. The molecule has 1 aliphatic heterocycles. The minimum atomic E-state index is -0.747. The number of fused-ring (bicyclic) bond motifs is 1. The third-order valence-corrected chi connectivity index (χ3v) is 4.13. The fraction of sp³-hybridized carbons (Fsp3) is 0.278. The molecule has 2 aromatic rings. The van der Waals surface area contributed by atoms with Gasteiger partial charge in [-0.25, -0.2) is 8.78 Å². The van der Waals surface area contributed by atoms with E-state index < -0.39 is 29.6 Å². The van der Waals surface area contributed by atoms with Crippen LogP contribution in [0.4, 0.5) is 14.5 Å². The molecule has 0 saturated carbocycles. The summed E-state index contributed by atoms with van der Waals surface area (Å²) in [5, 5.41) is 5.30. The number of hydrogen-bond donors (Lipinski definition) is 3. The van der Waals surface area contributed by atoms with Gasteiger partial charge in [0.25, 0.3) is 0 Å². The second-order valence-electron chi connectivity index (χ2n) is 6.22. The summed E-state index contributed by atoms with van der Waals surface area (Å²) in [7, 11) is 0. The van der Waals surface area contributed by atoms with Crippen molar-refractivity contribution in [1.82, 2.24) is 10.3 Å². The van der Waals surface area contributed by atoms with Crippen molar-refractivity contribution in [3.05, 3.63) is 59.4 Å². The highest BCUT2D eigenvalue weighted by Crippen LogP contribution is 2.19. The van der Waals surface area contributed by atoms with Gasteiger partial charge in [0.1, 0.15) is 17.7 Å². The molecule has 136 valence electrons. The van der Waals surface area contributed by atoms with E-state index in [4.69, 9.17) is 5.73 Å². The van der Waals surface area contributed by atoms with E-state index in [0.29, 0.717) is 11.4 Å². The second kappa shape index (κ2) is 7.57. The molecule has 6 nitrogen and oxygen atoms in total. The van der Waals surface area contributed by atoms with Gasteiger partial charge in [-0.3, -0.25) is 14.6 Å². The fourth-order valence-electron chi connectivity index (χ4n) is 2.88. The van der Waals surface area contributed by atoms with Crippen LogP contribution in [0.15, 0.2) is 36.5 Å². The van der Waals surface area contributed by atoms with Crippen molar-refractivity contribution < 1.29 is 18.4 Å². The molecule has 1 aliphatic rings. The number of benzene rings is 1. The lowest BCUT2D eigenvalue weighted by Gasteiger charge is -2.25. The van der Waals surface area contributed by atoms with Crippen molar-refractivity contribution in [1.29, 1.82) is 0 Å². The van der Waals surface area contributed by atoms with Crippen LogP contribution >= 0.6 is 0 Å². The van der Waals surface area contributed by atoms with Crippen LogP contribution in [-0.2, 0) is 22.4 Å². The van der Waals surface area contributed by atoms with Crippen LogP contribution in [0.1, 0.15) is 17.7 Å². The molecule has 1 unspecified atom stereocenters. The highest BCUT2D eigenvalue weighted by atomic mass is 19.1. The number of pyridine rings is 1. The van der Waals surface area contributed by atoms with Crippen LogP contribution in [0.3, 0.4) is 0 Å². The molecule has 2 heterocycles. The summed E-state index contributed by atoms with van der Waals surface area (Å²) in [6.45, 7) is 0. The number of carbonyl (C=O) groups is 2. The van der Waals surface area contributed by atoms with E-state index in [9.17, 15) is 18.4 Å². The molecular formula is C18H18F2N4O2. The number of hydrogen-bond acceptors (Lipinski definition) is 4. The first-order chi connectivity index (χ1) is 12.4. The van der Waals surface area contributed by atoms with Gasteiger partial charge in [-0.1, -0.05) is 0 Å². The van der Waals surface area contributed by atoms with Gasteiger partial charge in [-0.2, -0.15) is 0 Å². The summed E-state index contributed by atoms with van der Waals surface area (Å²) in [5.41, 5.74) is 7.30. The van der Waals surface area contributed by atoms with Gasteiger partial charge in [0.05, 0.1) is 11.4 Å². The minimum absolute atomic E-state index is 0.0122. The molecule has 0 spiro atoms. The molecule has 0 fully saturated rings. The Hall–Kier alpha value is -2.87. The number of carbonyl (C=O) groups excluding carboxylic acids is 2. The zero-order valence-corrected chi connectivity index (χ0v) is 13.8. The smallest absolute Gasteiger partial charge is 0.247 e. The maximum Gasteiger partial charge on any atom is 0.247 e. The number of nitrogens with two attached hydrogens (primary N) is 1. The highest BCUT2D eigenvalue weighted by molar-refractivity contribution is 5.99. The van der Waals surface area contributed by atoms with Gasteiger partial charge >= 0.3 is 0 Å². The molecule has 0 bridgehead atoms. The maximum atomic E-state index is 13.6. The summed E-state index contributed by atoms with van der Waals surface area (Å²) in [6.07, 6.45) is 1.78. The quantitative estimate of drug-likeness (QED) is 0.749. The lowest BCUT2D eigenvalue weighted by Crippen LogP contribution is -2.49. The standard InChI is InChI=1S/C18H18F2N4O2/c19-11-3-4-13(20)10(6-11)7-12(21)8-17(25)23-16-9-15-14(24-18(16)26)2-1-5-22-15/h1-6,12,16H,7-9,21H2,(H,23,25)(H,24,26)/t12-,16?/m1/s1. The van der Waals surface area contributed by atoms with Crippen molar-refractivity contribution in [2.24, 2.45) is 5.73 Å². The van der Waals surface area contributed by atoms with E-state index in [-0.39, 0.29) is 30.7 Å². The summed E-state index contributed by atoms with van der Waals surface area (Å²) in [4.78, 5) is 28.4. The number of anilines is 1. The molecule has 1 aromatic heterocycles. The number of nitrogens with one attached hydrogen (secondary N) is 2. The maximum absolute atomic E-state index is 13.6. The van der Waals surface area contributed by atoms with Gasteiger partial charge < -0.3 is 16.4 Å². The predicted octanol–water partition coefficient (Wildman–Crippen LogP) is 1.30. The van der Waals surface area contributed by atoms with Gasteiger partial charge in [0.15, 0.2) is 0 Å². The van der Waals surface area contributed by atoms with E-state index in [2.05, 4.69) is 15.6 Å². The van der Waals surface area contributed by atoms with Crippen LogP contribution in [0.5, 0.6) is 0 Å². The molecular weight excluding hydrogens is 342 g/mol. The highest BCUT2D eigenvalue weighted by Gasteiger charge is 2.28. The average molecular weight is 360 g/mol. The average Bonchev–Trinajstić information content (AvgIpc) is 2.58.